The van der Waals surface area contributed by atoms with Gasteiger partial charge in [0.2, 0.25) is 5.91 Å². The van der Waals surface area contributed by atoms with Crippen LogP contribution in [0.1, 0.15) is 12.0 Å². The van der Waals surface area contributed by atoms with E-state index in [0.29, 0.717) is 13.0 Å². The lowest BCUT2D eigenvalue weighted by Gasteiger charge is -2.27. The average Bonchev–Trinajstić information content (AvgIpc) is 3.20. The Labute approximate surface area is 193 Å². The number of benzene rings is 2. The summed E-state index contributed by atoms with van der Waals surface area (Å²) in [6.07, 6.45) is 1.28. The summed E-state index contributed by atoms with van der Waals surface area (Å²) in [6, 6.07) is 15.7. The number of carbonyl (C=O) groups excluding carboxylic acids is 1. The van der Waals surface area contributed by atoms with Crippen LogP contribution in [0, 0.1) is 0 Å². The Kier molecular flexibility index (Phi) is 8.66. The van der Waals surface area contributed by atoms with E-state index in [4.69, 9.17) is 14.5 Å². The summed E-state index contributed by atoms with van der Waals surface area (Å²) < 4.78 is 11.8. The van der Waals surface area contributed by atoms with Crippen molar-refractivity contribution in [3.8, 4) is 5.75 Å². The summed E-state index contributed by atoms with van der Waals surface area (Å²) in [5.41, 5.74) is 1.88. The lowest BCUT2D eigenvalue weighted by molar-refractivity contribution is -0.118. The number of hydrogen-bond acceptors (Lipinski definition) is 6. The van der Waals surface area contributed by atoms with Crippen molar-refractivity contribution < 1.29 is 14.3 Å². The lowest BCUT2D eigenvalue weighted by atomic mass is 10.1. The molecule has 31 heavy (non-hydrogen) atoms. The van der Waals surface area contributed by atoms with E-state index in [2.05, 4.69) is 4.90 Å². The molecular weight excluding hydrogens is 434 g/mol. The molecule has 0 bridgehead atoms. The maximum Gasteiger partial charge on any atom is 0.233 e. The minimum atomic E-state index is 0. The van der Waals surface area contributed by atoms with Gasteiger partial charge in [0.1, 0.15) is 5.75 Å². The van der Waals surface area contributed by atoms with Crippen LogP contribution in [-0.4, -0.2) is 62.3 Å². The van der Waals surface area contributed by atoms with Gasteiger partial charge in [0.15, 0.2) is 5.13 Å². The second kappa shape index (κ2) is 11.4. The number of halogens is 1. The van der Waals surface area contributed by atoms with Gasteiger partial charge in [0, 0.05) is 32.2 Å². The van der Waals surface area contributed by atoms with Crippen LogP contribution in [0.5, 0.6) is 5.75 Å². The maximum atomic E-state index is 13.2. The second-order valence-corrected chi connectivity index (χ2v) is 8.35. The van der Waals surface area contributed by atoms with Crippen LogP contribution in [0.2, 0.25) is 0 Å². The number of hydrogen-bond donors (Lipinski definition) is 0. The SMILES string of the molecule is COc1ccc2sc(N(CCCN3CCOCC3)C(=O)Cc3ccccc3)nc2c1.Cl. The molecule has 0 atom stereocenters. The van der Waals surface area contributed by atoms with Crippen molar-refractivity contribution in [3.05, 3.63) is 54.1 Å². The third-order valence-electron chi connectivity index (χ3n) is 5.27. The molecule has 6 nitrogen and oxygen atoms in total. The number of fused-ring (bicyclic) bond motifs is 1. The summed E-state index contributed by atoms with van der Waals surface area (Å²) >= 11 is 1.55. The van der Waals surface area contributed by atoms with Crippen molar-refractivity contribution in [2.24, 2.45) is 0 Å². The zero-order chi connectivity index (χ0) is 20.8. The molecule has 1 fully saturated rings. The van der Waals surface area contributed by atoms with Gasteiger partial charge in [-0.1, -0.05) is 41.7 Å². The summed E-state index contributed by atoms with van der Waals surface area (Å²) in [6.45, 7) is 5.10. The molecule has 3 aromatic rings. The molecule has 0 spiro atoms. The molecule has 4 rings (SSSR count). The molecule has 1 aliphatic rings. The van der Waals surface area contributed by atoms with Crippen LogP contribution in [0.3, 0.4) is 0 Å². The normalized spacial score (nSPS) is 14.2. The van der Waals surface area contributed by atoms with Gasteiger partial charge in [0.25, 0.3) is 0 Å². The van der Waals surface area contributed by atoms with Crippen LogP contribution in [0.15, 0.2) is 48.5 Å². The van der Waals surface area contributed by atoms with Crippen LogP contribution in [0.4, 0.5) is 5.13 Å². The van der Waals surface area contributed by atoms with Crippen LogP contribution in [0.25, 0.3) is 10.2 Å². The van der Waals surface area contributed by atoms with Gasteiger partial charge in [0.05, 0.1) is 37.0 Å². The van der Waals surface area contributed by atoms with Gasteiger partial charge < -0.3 is 9.47 Å². The van der Waals surface area contributed by atoms with E-state index >= 15 is 0 Å². The van der Waals surface area contributed by atoms with Gasteiger partial charge in [-0.15, -0.1) is 12.4 Å². The highest BCUT2D eigenvalue weighted by Gasteiger charge is 2.21. The minimum absolute atomic E-state index is 0. The zero-order valence-corrected chi connectivity index (χ0v) is 19.3. The first-order chi connectivity index (χ1) is 14.7. The summed E-state index contributed by atoms with van der Waals surface area (Å²) in [7, 11) is 1.65. The van der Waals surface area contributed by atoms with E-state index in [0.717, 1.165) is 65.9 Å². The Morgan fingerprint density at radius 3 is 2.71 bits per heavy atom. The first-order valence-electron chi connectivity index (χ1n) is 10.3. The number of ether oxygens (including phenoxy) is 2. The Morgan fingerprint density at radius 1 is 1.19 bits per heavy atom. The fourth-order valence-electron chi connectivity index (χ4n) is 3.61. The first-order valence-corrected chi connectivity index (χ1v) is 11.1. The van der Waals surface area contributed by atoms with Crippen LogP contribution in [-0.2, 0) is 16.0 Å². The Bertz CT molecular complexity index is 977. The number of rotatable bonds is 8. The van der Waals surface area contributed by atoms with Gasteiger partial charge in [-0.25, -0.2) is 4.98 Å². The number of amides is 1. The molecule has 1 amide bonds. The van der Waals surface area contributed by atoms with E-state index < -0.39 is 0 Å². The molecule has 0 radical (unpaired) electrons. The van der Waals surface area contributed by atoms with E-state index in [-0.39, 0.29) is 18.3 Å². The van der Waals surface area contributed by atoms with E-state index in [1.54, 1.807) is 18.4 Å². The smallest absolute Gasteiger partial charge is 0.233 e. The summed E-state index contributed by atoms with van der Waals surface area (Å²) in [4.78, 5) is 22.2. The number of thiazole rings is 1. The molecule has 166 valence electrons. The number of methoxy groups -OCH3 is 1. The minimum Gasteiger partial charge on any atom is -0.497 e. The zero-order valence-electron chi connectivity index (χ0n) is 17.7. The molecule has 0 unspecified atom stereocenters. The largest absolute Gasteiger partial charge is 0.497 e. The van der Waals surface area contributed by atoms with Crippen molar-refractivity contribution in [3.63, 3.8) is 0 Å². The van der Waals surface area contributed by atoms with Crippen molar-refractivity contribution in [1.82, 2.24) is 9.88 Å². The fourth-order valence-corrected chi connectivity index (χ4v) is 4.60. The highest BCUT2D eigenvalue weighted by atomic mass is 35.5. The van der Waals surface area contributed by atoms with Crippen LogP contribution >= 0.6 is 23.7 Å². The molecule has 0 N–H and O–H groups in total. The number of morpholine rings is 1. The number of anilines is 1. The molecular formula is C23H28ClN3O3S. The van der Waals surface area contributed by atoms with Crippen LogP contribution < -0.4 is 9.64 Å². The third-order valence-corrected chi connectivity index (χ3v) is 6.33. The average molecular weight is 462 g/mol. The molecule has 1 aliphatic heterocycles. The van der Waals surface area contributed by atoms with E-state index in [1.165, 1.54) is 0 Å². The standard InChI is InChI=1S/C23H27N3O3S.ClH/c1-28-19-8-9-21-20(17-19)24-23(30-21)26(11-5-10-25-12-14-29-15-13-25)22(27)16-18-6-3-2-4-7-18;/h2-4,6-9,17H,5,10-16H2,1H3;1H. The summed E-state index contributed by atoms with van der Waals surface area (Å²) in [5, 5.41) is 0.751. The van der Waals surface area contributed by atoms with Crippen molar-refractivity contribution in [1.29, 1.82) is 0 Å². The molecule has 1 aromatic heterocycles. The molecule has 8 heteroatoms. The molecule has 1 saturated heterocycles. The summed E-state index contributed by atoms with van der Waals surface area (Å²) in [5.74, 6) is 0.850. The maximum absolute atomic E-state index is 13.2. The molecule has 2 heterocycles. The van der Waals surface area contributed by atoms with Gasteiger partial charge in [-0.05, 0) is 24.1 Å². The Morgan fingerprint density at radius 2 is 1.97 bits per heavy atom. The van der Waals surface area contributed by atoms with Gasteiger partial charge in [-0.2, -0.15) is 0 Å². The molecule has 0 saturated carbocycles. The van der Waals surface area contributed by atoms with Crippen molar-refractivity contribution in [2.75, 3.05) is 51.4 Å². The fraction of sp³-hybridized carbons (Fsp3) is 0.391. The molecule has 2 aromatic carbocycles. The molecule has 0 aliphatic carbocycles. The Hall–Kier alpha value is -2.19. The van der Waals surface area contributed by atoms with Gasteiger partial charge >= 0.3 is 0 Å². The predicted molar refractivity (Wildman–Crippen MR) is 128 cm³/mol. The first kappa shape index (κ1) is 23.5. The van der Waals surface area contributed by atoms with Gasteiger partial charge in [-0.3, -0.25) is 14.6 Å². The van der Waals surface area contributed by atoms with E-state index in [9.17, 15) is 4.79 Å². The van der Waals surface area contributed by atoms with Crippen molar-refractivity contribution >= 4 is 45.0 Å². The quantitative estimate of drug-likeness (QED) is 0.507. The predicted octanol–water partition coefficient (Wildman–Crippen LogP) is 4.02. The number of carbonyl (C=O) groups is 1. The third kappa shape index (κ3) is 6.17. The monoisotopic (exact) mass is 461 g/mol. The van der Waals surface area contributed by atoms with E-state index in [1.807, 2.05) is 53.4 Å². The Balaban J connectivity index is 0.00000272. The highest BCUT2D eigenvalue weighted by Crippen LogP contribution is 2.31. The topological polar surface area (TPSA) is 54.9 Å². The van der Waals surface area contributed by atoms with Crippen molar-refractivity contribution in [2.45, 2.75) is 12.8 Å². The highest BCUT2D eigenvalue weighted by molar-refractivity contribution is 7.22. The lowest BCUT2D eigenvalue weighted by Crippen LogP contribution is -2.39. The number of nitrogens with zero attached hydrogens (tertiary/aromatic N) is 3. The second-order valence-electron chi connectivity index (χ2n) is 7.35. The number of aromatic nitrogens is 1.